The maximum atomic E-state index is 13.3. The lowest BCUT2D eigenvalue weighted by Gasteiger charge is -2.42. The number of ether oxygens (including phenoxy) is 1. The number of amides is 2. The van der Waals surface area contributed by atoms with Gasteiger partial charge in [0.15, 0.2) is 5.96 Å². The molecule has 0 aromatic heterocycles. The van der Waals surface area contributed by atoms with Gasteiger partial charge in [-0.05, 0) is 36.6 Å². The Morgan fingerprint density at radius 3 is 2.62 bits per heavy atom. The van der Waals surface area contributed by atoms with Gasteiger partial charge in [-0.3, -0.25) is 19.9 Å². The smallest absolute Gasteiger partial charge is 0.251 e. The molecule has 180 valence electrons. The van der Waals surface area contributed by atoms with Crippen LogP contribution in [0.25, 0.3) is 0 Å². The van der Waals surface area contributed by atoms with Gasteiger partial charge < -0.3 is 15.4 Å². The second kappa shape index (κ2) is 9.12. The van der Waals surface area contributed by atoms with Crippen molar-refractivity contribution in [3.63, 3.8) is 0 Å². The predicted molar refractivity (Wildman–Crippen MR) is 132 cm³/mol. The Morgan fingerprint density at radius 2 is 1.91 bits per heavy atom. The normalized spacial score (nSPS) is 20.7. The summed E-state index contributed by atoms with van der Waals surface area (Å²) in [6.45, 7) is 8.99. The van der Waals surface area contributed by atoms with Crippen LogP contribution in [0.15, 0.2) is 48.5 Å². The Hall–Kier alpha value is -3.35. The fourth-order valence-corrected chi connectivity index (χ4v) is 4.82. The number of carbonyl (C=O) groups excluding carboxylic acids is 2. The highest BCUT2D eigenvalue weighted by Gasteiger charge is 2.40. The SMILES string of the molecule is CCC1(CC)CC(=O)N(Cc2cccc(C(=O)NC3c4ccccc4OCC3(C)C)c2)C(=N)N1. The molecule has 4 rings (SSSR count). The summed E-state index contributed by atoms with van der Waals surface area (Å²) >= 11 is 0. The number of carbonyl (C=O) groups is 2. The van der Waals surface area contributed by atoms with E-state index in [0.717, 1.165) is 29.7 Å². The van der Waals surface area contributed by atoms with Crippen LogP contribution in [-0.4, -0.2) is 34.8 Å². The average molecular weight is 463 g/mol. The van der Waals surface area contributed by atoms with E-state index in [1.165, 1.54) is 4.90 Å². The fourth-order valence-electron chi connectivity index (χ4n) is 4.82. The van der Waals surface area contributed by atoms with Crippen molar-refractivity contribution in [3.05, 3.63) is 65.2 Å². The number of nitrogens with zero attached hydrogens (tertiary/aromatic N) is 1. The predicted octanol–water partition coefficient (Wildman–Crippen LogP) is 4.39. The molecule has 2 aliphatic rings. The Kier molecular flexibility index (Phi) is 6.39. The lowest BCUT2D eigenvalue weighted by atomic mass is 9.79. The van der Waals surface area contributed by atoms with Crippen LogP contribution in [0.2, 0.25) is 0 Å². The summed E-state index contributed by atoms with van der Waals surface area (Å²) in [5.41, 5.74) is 1.68. The van der Waals surface area contributed by atoms with Gasteiger partial charge in [-0.1, -0.05) is 58.0 Å². The molecule has 34 heavy (non-hydrogen) atoms. The van der Waals surface area contributed by atoms with Gasteiger partial charge >= 0.3 is 0 Å². The third-order valence-corrected chi connectivity index (χ3v) is 7.21. The van der Waals surface area contributed by atoms with Crippen molar-refractivity contribution in [2.24, 2.45) is 5.41 Å². The van der Waals surface area contributed by atoms with Crippen molar-refractivity contribution in [1.29, 1.82) is 5.41 Å². The molecule has 0 bridgehead atoms. The first-order valence-corrected chi connectivity index (χ1v) is 12.0. The van der Waals surface area contributed by atoms with Crippen molar-refractivity contribution >= 4 is 17.8 Å². The number of hydrogen-bond donors (Lipinski definition) is 3. The minimum Gasteiger partial charge on any atom is -0.493 e. The first-order chi connectivity index (χ1) is 16.2. The van der Waals surface area contributed by atoms with Crippen molar-refractivity contribution in [1.82, 2.24) is 15.5 Å². The molecule has 2 aliphatic heterocycles. The van der Waals surface area contributed by atoms with E-state index >= 15 is 0 Å². The fraction of sp³-hybridized carbons (Fsp3) is 0.444. The summed E-state index contributed by atoms with van der Waals surface area (Å²) in [7, 11) is 0. The van der Waals surface area contributed by atoms with E-state index in [0.29, 0.717) is 18.6 Å². The maximum Gasteiger partial charge on any atom is 0.251 e. The topological polar surface area (TPSA) is 94.5 Å². The van der Waals surface area contributed by atoms with Gasteiger partial charge in [-0.2, -0.15) is 0 Å². The zero-order chi connectivity index (χ0) is 24.5. The molecule has 1 saturated heterocycles. The molecule has 1 unspecified atom stereocenters. The molecule has 0 saturated carbocycles. The van der Waals surface area contributed by atoms with Gasteiger partial charge in [0.05, 0.1) is 25.6 Å². The highest BCUT2D eigenvalue weighted by Crippen LogP contribution is 2.42. The van der Waals surface area contributed by atoms with E-state index in [9.17, 15) is 9.59 Å². The van der Waals surface area contributed by atoms with Gasteiger partial charge in [0.1, 0.15) is 5.75 Å². The van der Waals surface area contributed by atoms with E-state index in [2.05, 4.69) is 24.5 Å². The minimum absolute atomic E-state index is 0.0668. The van der Waals surface area contributed by atoms with Crippen LogP contribution >= 0.6 is 0 Å². The Labute approximate surface area is 201 Å². The van der Waals surface area contributed by atoms with Crippen LogP contribution in [0.1, 0.15) is 74.5 Å². The summed E-state index contributed by atoms with van der Waals surface area (Å²) in [4.78, 5) is 27.6. The molecule has 0 radical (unpaired) electrons. The third kappa shape index (κ3) is 4.52. The number of fused-ring (bicyclic) bond motifs is 1. The highest BCUT2D eigenvalue weighted by atomic mass is 16.5. The summed E-state index contributed by atoms with van der Waals surface area (Å²) in [5.74, 6) is 0.676. The van der Waals surface area contributed by atoms with Gasteiger partial charge in [0.25, 0.3) is 5.91 Å². The monoisotopic (exact) mass is 462 g/mol. The quantitative estimate of drug-likeness (QED) is 0.593. The van der Waals surface area contributed by atoms with E-state index in [1.807, 2.05) is 50.2 Å². The van der Waals surface area contributed by atoms with Crippen molar-refractivity contribution < 1.29 is 14.3 Å². The molecule has 1 atom stereocenters. The van der Waals surface area contributed by atoms with E-state index in [-0.39, 0.29) is 41.3 Å². The Morgan fingerprint density at radius 1 is 1.18 bits per heavy atom. The molecule has 3 N–H and O–H groups in total. The molecule has 2 amide bonds. The van der Waals surface area contributed by atoms with Crippen LogP contribution < -0.4 is 15.4 Å². The molecule has 2 aromatic rings. The molecule has 0 aliphatic carbocycles. The highest BCUT2D eigenvalue weighted by molar-refractivity contribution is 5.99. The molecule has 2 aromatic carbocycles. The lowest BCUT2D eigenvalue weighted by Crippen LogP contribution is -2.61. The molecular weight excluding hydrogens is 428 g/mol. The Balaban J connectivity index is 1.50. The molecule has 0 spiro atoms. The van der Waals surface area contributed by atoms with Gasteiger partial charge in [-0.25, -0.2) is 0 Å². The maximum absolute atomic E-state index is 13.3. The minimum atomic E-state index is -0.348. The summed E-state index contributed by atoms with van der Waals surface area (Å²) in [6, 6.07) is 14.9. The molecular formula is C27H34N4O3. The zero-order valence-electron chi connectivity index (χ0n) is 20.4. The number of nitrogens with one attached hydrogen (secondary N) is 3. The third-order valence-electron chi connectivity index (χ3n) is 7.21. The van der Waals surface area contributed by atoms with Crippen LogP contribution in [0, 0.1) is 10.8 Å². The van der Waals surface area contributed by atoms with Crippen molar-refractivity contribution in [2.45, 2.75) is 65.1 Å². The number of rotatable bonds is 6. The molecule has 7 heteroatoms. The van der Waals surface area contributed by atoms with E-state index < -0.39 is 0 Å². The Bertz CT molecular complexity index is 1090. The number of para-hydroxylation sites is 1. The van der Waals surface area contributed by atoms with E-state index in [1.54, 1.807) is 12.1 Å². The van der Waals surface area contributed by atoms with Gasteiger partial charge in [-0.15, -0.1) is 0 Å². The zero-order valence-corrected chi connectivity index (χ0v) is 20.4. The molecule has 1 fully saturated rings. The summed E-state index contributed by atoms with van der Waals surface area (Å²) in [5, 5.41) is 14.9. The summed E-state index contributed by atoms with van der Waals surface area (Å²) in [6.07, 6.45) is 1.93. The first kappa shape index (κ1) is 23.8. The van der Waals surface area contributed by atoms with Crippen molar-refractivity contribution in [2.75, 3.05) is 6.61 Å². The number of hydrogen-bond acceptors (Lipinski definition) is 4. The second-order valence-electron chi connectivity index (χ2n) is 10.0. The molecule has 2 heterocycles. The molecule has 7 nitrogen and oxygen atoms in total. The number of guanidine groups is 1. The van der Waals surface area contributed by atoms with Crippen LogP contribution in [0.5, 0.6) is 5.75 Å². The summed E-state index contributed by atoms with van der Waals surface area (Å²) < 4.78 is 5.90. The van der Waals surface area contributed by atoms with E-state index in [4.69, 9.17) is 10.1 Å². The average Bonchev–Trinajstić information content (AvgIpc) is 2.83. The first-order valence-electron chi connectivity index (χ1n) is 12.0. The van der Waals surface area contributed by atoms with Crippen molar-refractivity contribution in [3.8, 4) is 5.75 Å². The van der Waals surface area contributed by atoms with Gasteiger partial charge in [0.2, 0.25) is 5.91 Å². The second-order valence-corrected chi connectivity index (χ2v) is 10.0. The van der Waals surface area contributed by atoms with Crippen LogP contribution in [-0.2, 0) is 11.3 Å². The largest absolute Gasteiger partial charge is 0.493 e. The standard InChI is InChI=1S/C27H34N4O3/c1-5-27(6-2)15-22(32)31(25(28)30-27)16-18-10-9-11-19(14-18)24(33)29-23-20-12-7-8-13-21(20)34-17-26(23,3)4/h7-14,23H,5-6,15-17H2,1-4H3,(H2,28,30)(H,29,33). The lowest BCUT2D eigenvalue weighted by molar-refractivity contribution is -0.131. The van der Waals surface area contributed by atoms with Gasteiger partial charge in [0, 0.05) is 22.1 Å². The number of benzene rings is 2. The van der Waals surface area contributed by atoms with Crippen LogP contribution in [0.3, 0.4) is 0 Å². The van der Waals surface area contributed by atoms with Crippen LogP contribution in [0.4, 0.5) is 0 Å².